The lowest BCUT2D eigenvalue weighted by Crippen LogP contribution is -2.16. The van der Waals surface area contributed by atoms with E-state index >= 15 is 0 Å². The molecule has 1 fully saturated rings. The molecular weight excluding hydrogens is 276 g/mol. The van der Waals surface area contributed by atoms with Crippen LogP contribution in [0.4, 0.5) is 10.5 Å². The number of halogens is 1. The van der Waals surface area contributed by atoms with Crippen LogP contribution in [0.1, 0.15) is 24.5 Å². The van der Waals surface area contributed by atoms with Crippen LogP contribution in [0.25, 0.3) is 0 Å². The summed E-state index contributed by atoms with van der Waals surface area (Å²) in [6, 6.07) is 10.6. The first-order valence-electron chi connectivity index (χ1n) is 6.42. The van der Waals surface area contributed by atoms with Gasteiger partial charge in [-0.25, -0.2) is 4.79 Å². The molecule has 102 valence electrons. The first-order chi connectivity index (χ1) is 9.72. The van der Waals surface area contributed by atoms with Crippen LogP contribution in [0.3, 0.4) is 0 Å². The normalized spacial score (nSPS) is 13.8. The van der Waals surface area contributed by atoms with Gasteiger partial charge in [0.2, 0.25) is 0 Å². The van der Waals surface area contributed by atoms with Crippen molar-refractivity contribution in [3.8, 4) is 5.75 Å². The zero-order valence-electron chi connectivity index (χ0n) is 10.7. The maximum Gasteiger partial charge on any atom is 0.417 e. The molecule has 1 heterocycles. The van der Waals surface area contributed by atoms with Crippen molar-refractivity contribution in [3.05, 3.63) is 53.3 Å². The zero-order valence-corrected chi connectivity index (χ0v) is 11.4. The molecule has 1 aromatic carbocycles. The van der Waals surface area contributed by atoms with Gasteiger partial charge in [0, 0.05) is 5.92 Å². The third-order valence-corrected chi connectivity index (χ3v) is 3.34. The second-order valence-corrected chi connectivity index (χ2v) is 5.10. The van der Waals surface area contributed by atoms with Crippen molar-refractivity contribution in [2.45, 2.75) is 18.8 Å². The number of anilines is 1. The maximum atomic E-state index is 11.7. The Morgan fingerprint density at radius 3 is 2.70 bits per heavy atom. The van der Waals surface area contributed by atoms with Crippen LogP contribution >= 0.6 is 11.6 Å². The van der Waals surface area contributed by atoms with Gasteiger partial charge in [-0.2, -0.15) is 0 Å². The molecule has 20 heavy (non-hydrogen) atoms. The van der Waals surface area contributed by atoms with Crippen molar-refractivity contribution in [1.82, 2.24) is 4.98 Å². The number of carbonyl (C=O) groups is 1. The van der Waals surface area contributed by atoms with Crippen LogP contribution < -0.4 is 10.1 Å². The van der Waals surface area contributed by atoms with Gasteiger partial charge in [-0.1, -0.05) is 29.8 Å². The van der Waals surface area contributed by atoms with Gasteiger partial charge in [0.15, 0.2) is 0 Å². The monoisotopic (exact) mass is 288 g/mol. The number of ether oxygens (including phenoxy) is 1. The Morgan fingerprint density at radius 2 is 2.05 bits per heavy atom. The van der Waals surface area contributed by atoms with E-state index in [0.29, 0.717) is 22.4 Å². The lowest BCUT2D eigenvalue weighted by atomic mass is 10.2. The maximum absolute atomic E-state index is 11.7. The standard InChI is InChI=1S/C15H13ClN2O2/c16-13-8-11(9-17-14(13)10-6-7-10)18-15(19)20-12-4-2-1-3-5-12/h1-5,8-10H,6-7H2,(H,18,19). The first-order valence-corrected chi connectivity index (χ1v) is 6.79. The molecule has 0 bridgehead atoms. The molecule has 0 aliphatic heterocycles. The lowest BCUT2D eigenvalue weighted by molar-refractivity contribution is 0.215. The van der Waals surface area contributed by atoms with E-state index in [1.54, 1.807) is 36.5 Å². The average Bonchev–Trinajstić information content (AvgIpc) is 3.24. The summed E-state index contributed by atoms with van der Waals surface area (Å²) in [5.74, 6) is 0.964. The van der Waals surface area contributed by atoms with Crippen LogP contribution in [0.15, 0.2) is 42.6 Å². The second-order valence-electron chi connectivity index (χ2n) is 4.69. The largest absolute Gasteiger partial charge is 0.417 e. The quantitative estimate of drug-likeness (QED) is 0.920. The van der Waals surface area contributed by atoms with Gasteiger partial charge in [-0.3, -0.25) is 10.3 Å². The summed E-state index contributed by atoms with van der Waals surface area (Å²) in [7, 11) is 0. The molecule has 3 rings (SSSR count). The molecule has 1 aromatic heterocycles. The van der Waals surface area contributed by atoms with Gasteiger partial charge >= 0.3 is 6.09 Å². The van der Waals surface area contributed by atoms with Crippen LogP contribution in [0.5, 0.6) is 5.75 Å². The van der Waals surface area contributed by atoms with E-state index in [4.69, 9.17) is 16.3 Å². The minimum Gasteiger partial charge on any atom is -0.410 e. The highest BCUT2D eigenvalue weighted by Gasteiger charge is 2.27. The zero-order chi connectivity index (χ0) is 13.9. The lowest BCUT2D eigenvalue weighted by Gasteiger charge is -2.08. The Bertz CT molecular complexity index is 627. The number of carbonyl (C=O) groups excluding carboxylic acids is 1. The van der Waals surface area contributed by atoms with E-state index in [0.717, 1.165) is 18.5 Å². The fourth-order valence-corrected chi connectivity index (χ4v) is 2.23. The summed E-state index contributed by atoms with van der Waals surface area (Å²) >= 11 is 6.15. The minimum atomic E-state index is -0.562. The van der Waals surface area contributed by atoms with E-state index in [9.17, 15) is 4.79 Å². The van der Waals surface area contributed by atoms with Crippen molar-refractivity contribution in [2.75, 3.05) is 5.32 Å². The molecule has 1 N–H and O–H groups in total. The first kappa shape index (κ1) is 12.9. The topological polar surface area (TPSA) is 51.2 Å². The SMILES string of the molecule is O=C(Nc1cnc(C2CC2)c(Cl)c1)Oc1ccccc1. The average molecular weight is 289 g/mol. The Morgan fingerprint density at radius 1 is 1.30 bits per heavy atom. The Balaban J connectivity index is 1.65. The van der Waals surface area contributed by atoms with Crippen LogP contribution in [0, 0.1) is 0 Å². The fraction of sp³-hybridized carbons (Fsp3) is 0.200. The minimum absolute atomic E-state index is 0.479. The molecule has 1 amide bonds. The molecule has 0 saturated heterocycles. The second kappa shape index (κ2) is 5.51. The van der Waals surface area contributed by atoms with Crippen molar-refractivity contribution in [1.29, 1.82) is 0 Å². The van der Waals surface area contributed by atoms with Gasteiger partial charge in [0.05, 0.1) is 22.6 Å². The number of benzene rings is 1. The van der Waals surface area contributed by atoms with Crippen molar-refractivity contribution in [3.63, 3.8) is 0 Å². The summed E-state index contributed by atoms with van der Waals surface area (Å²) < 4.78 is 5.13. The third-order valence-electron chi connectivity index (χ3n) is 3.03. The van der Waals surface area contributed by atoms with Crippen molar-refractivity contribution >= 4 is 23.4 Å². The summed E-state index contributed by atoms with van der Waals surface area (Å²) in [5, 5.41) is 3.20. The van der Waals surface area contributed by atoms with E-state index in [-0.39, 0.29) is 0 Å². The number of nitrogens with zero attached hydrogens (tertiary/aromatic N) is 1. The predicted octanol–water partition coefficient (Wildman–Crippen LogP) is 4.22. The molecule has 0 radical (unpaired) electrons. The van der Waals surface area contributed by atoms with Crippen LogP contribution in [0.2, 0.25) is 5.02 Å². The number of rotatable bonds is 3. The number of amides is 1. The third kappa shape index (κ3) is 3.08. The molecule has 2 aromatic rings. The van der Waals surface area contributed by atoms with E-state index in [1.807, 2.05) is 6.07 Å². The molecule has 0 spiro atoms. The highest BCUT2D eigenvalue weighted by molar-refractivity contribution is 6.31. The number of nitrogens with one attached hydrogen (secondary N) is 1. The van der Waals surface area contributed by atoms with E-state index in [2.05, 4.69) is 10.3 Å². The molecule has 1 aliphatic rings. The molecule has 0 atom stereocenters. The Labute approximate surface area is 121 Å². The summed E-state index contributed by atoms with van der Waals surface area (Å²) in [6.07, 6.45) is 3.31. The van der Waals surface area contributed by atoms with Gasteiger partial charge in [-0.15, -0.1) is 0 Å². The number of para-hydroxylation sites is 1. The summed E-state index contributed by atoms with van der Waals surface area (Å²) in [6.45, 7) is 0. The molecule has 1 aliphatic carbocycles. The Hall–Kier alpha value is -2.07. The number of hydrogen-bond acceptors (Lipinski definition) is 3. The molecular formula is C15H13ClN2O2. The van der Waals surface area contributed by atoms with Crippen molar-refractivity contribution < 1.29 is 9.53 Å². The number of aromatic nitrogens is 1. The van der Waals surface area contributed by atoms with Gasteiger partial charge < -0.3 is 4.74 Å². The smallest absolute Gasteiger partial charge is 0.410 e. The summed E-state index contributed by atoms with van der Waals surface area (Å²) in [5.41, 5.74) is 1.44. The van der Waals surface area contributed by atoms with Crippen LogP contribution in [-0.2, 0) is 0 Å². The number of hydrogen-bond donors (Lipinski definition) is 1. The molecule has 0 unspecified atom stereocenters. The predicted molar refractivity (Wildman–Crippen MR) is 77.3 cm³/mol. The highest BCUT2D eigenvalue weighted by Crippen LogP contribution is 2.42. The van der Waals surface area contributed by atoms with Gasteiger partial charge in [0.25, 0.3) is 0 Å². The Kier molecular flexibility index (Phi) is 3.56. The van der Waals surface area contributed by atoms with Crippen molar-refractivity contribution in [2.24, 2.45) is 0 Å². The van der Waals surface area contributed by atoms with Gasteiger partial charge in [0.1, 0.15) is 5.75 Å². The summed E-state index contributed by atoms with van der Waals surface area (Å²) in [4.78, 5) is 16.0. The molecule has 5 heteroatoms. The molecule has 4 nitrogen and oxygen atoms in total. The van der Waals surface area contributed by atoms with Gasteiger partial charge in [-0.05, 0) is 31.0 Å². The van der Waals surface area contributed by atoms with E-state index in [1.165, 1.54) is 0 Å². The fourth-order valence-electron chi connectivity index (χ4n) is 1.91. The highest BCUT2D eigenvalue weighted by atomic mass is 35.5. The van der Waals surface area contributed by atoms with E-state index < -0.39 is 6.09 Å². The van der Waals surface area contributed by atoms with Crippen LogP contribution in [-0.4, -0.2) is 11.1 Å². The molecule has 1 saturated carbocycles. The number of pyridine rings is 1.